The van der Waals surface area contributed by atoms with Gasteiger partial charge in [0.15, 0.2) is 0 Å². The van der Waals surface area contributed by atoms with Crippen LogP contribution >= 0.6 is 0 Å². The maximum Gasteiger partial charge on any atom is 0.270 e. The van der Waals surface area contributed by atoms with Crippen molar-refractivity contribution in [1.29, 1.82) is 0 Å². The SMILES string of the molecule is Cn1cccc1C(=O)N1CCC(N2CCC[C@H](C(=O)NCc3ccccn3)C2)CC1. The molecule has 0 bridgehead atoms. The van der Waals surface area contributed by atoms with Gasteiger partial charge in [-0.05, 0) is 56.5 Å². The fourth-order valence-electron chi connectivity index (χ4n) is 4.66. The molecule has 2 aliphatic heterocycles. The molecule has 0 radical (unpaired) electrons. The molecule has 0 saturated carbocycles. The minimum Gasteiger partial charge on any atom is -0.350 e. The van der Waals surface area contributed by atoms with E-state index in [2.05, 4.69) is 15.2 Å². The first kappa shape index (κ1) is 20.6. The zero-order valence-electron chi connectivity index (χ0n) is 17.7. The van der Waals surface area contributed by atoms with Crippen LogP contribution in [-0.4, -0.2) is 63.4 Å². The molecule has 2 aromatic heterocycles. The van der Waals surface area contributed by atoms with Crippen molar-refractivity contribution >= 4 is 11.8 Å². The quantitative estimate of drug-likeness (QED) is 0.821. The topological polar surface area (TPSA) is 70.5 Å². The second-order valence-corrected chi connectivity index (χ2v) is 8.40. The average Bonchev–Trinajstić information content (AvgIpc) is 3.23. The van der Waals surface area contributed by atoms with E-state index >= 15 is 0 Å². The summed E-state index contributed by atoms with van der Waals surface area (Å²) in [4.78, 5) is 34.1. The van der Waals surface area contributed by atoms with Crippen molar-refractivity contribution < 1.29 is 9.59 Å². The fourth-order valence-corrected chi connectivity index (χ4v) is 4.66. The third kappa shape index (κ3) is 4.73. The Labute approximate surface area is 178 Å². The number of nitrogens with zero attached hydrogens (tertiary/aromatic N) is 4. The predicted octanol–water partition coefficient (Wildman–Crippen LogP) is 2.05. The molecular formula is C23H31N5O2. The molecule has 0 aliphatic carbocycles. The summed E-state index contributed by atoms with van der Waals surface area (Å²) in [6.45, 7) is 3.89. The molecule has 2 fully saturated rings. The number of carbonyl (C=O) groups is 2. The average molecular weight is 410 g/mol. The highest BCUT2D eigenvalue weighted by molar-refractivity contribution is 5.92. The predicted molar refractivity (Wildman–Crippen MR) is 115 cm³/mol. The highest BCUT2D eigenvalue weighted by atomic mass is 16.2. The maximum absolute atomic E-state index is 12.7. The Hall–Kier alpha value is -2.67. The van der Waals surface area contributed by atoms with Gasteiger partial charge in [-0.2, -0.15) is 0 Å². The normalized spacial score (nSPS) is 20.8. The molecule has 2 saturated heterocycles. The van der Waals surface area contributed by atoms with E-state index in [1.165, 1.54) is 0 Å². The standard InChI is InChI=1S/C23H31N5O2/c1-26-12-5-8-21(26)23(30)27-14-9-20(10-15-27)28-13-4-6-18(17-28)22(29)25-16-19-7-2-3-11-24-19/h2-3,5,7-8,11-12,18,20H,4,6,9-10,13-17H2,1H3,(H,25,29)/t18-/m0/s1. The van der Waals surface area contributed by atoms with Crippen molar-refractivity contribution in [2.75, 3.05) is 26.2 Å². The lowest BCUT2D eigenvalue weighted by molar-refractivity contribution is -0.127. The van der Waals surface area contributed by atoms with Gasteiger partial charge in [-0.3, -0.25) is 19.5 Å². The van der Waals surface area contributed by atoms with Crippen LogP contribution in [0.3, 0.4) is 0 Å². The summed E-state index contributed by atoms with van der Waals surface area (Å²) in [6, 6.07) is 9.99. The molecule has 7 nitrogen and oxygen atoms in total. The Morgan fingerprint density at radius 3 is 2.63 bits per heavy atom. The summed E-state index contributed by atoms with van der Waals surface area (Å²) in [5.41, 5.74) is 1.63. The van der Waals surface area contributed by atoms with Crippen molar-refractivity contribution in [2.24, 2.45) is 13.0 Å². The summed E-state index contributed by atoms with van der Waals surface area (Å²) in [7, 11) is 1.91. The molecule has 1 N–H and O–H groups in total. The van der Waals surface area contributed by atoms with Crippen molar-refractivity contribution in [2.45, 2.75) is 38.3 Å². The van der Waals surface area contributed by atoms with Crippen LogP contribution in [0.5, 0.6) is 0 Å². The summed E-state index contributed by atoms with van der Waals surface area (Å²) in [5.74, 6) is 0.276. The van der Waals surface area contributed by atoms with Crippen LogP contribution in [0.4, 0.5) is 0 Å². The van der Waals surface area contributed by atoms with Crippen molar-refractivity contribution in [3.8, 4) is 0 Å². The van der Waals surface area contributed by atoms with Gasteiger partial charge in [-0.1, -0.05) is 6.07 Å². The summed E-state index contributed by atoms with van der Waals surface area (Å²) < 4.78 is 1.88. The van der Waals surface area contributed by atoms with Gasteiger partial charge in [-0.15, -0.1) is 0 Å². The van der Waals surface area contributed by atoms with E-state index in [0.717, 1.165) is 63.3 Å². The van der Waals surface area contributed by atoms with Gasteiger partial charge in [0.05, 0.1) is 18.2 Å². The van der Waals surface area contributed by atoms with Crippen LogP contribution < -0.4 is 5.32 Å². The Bertz CT molecular complexity index is 857. The van der Waals surface area contributed by atoms with Gasteiger partial charge < -0.3 is 14.8 Å². The number of hydrogen-bond donors (Lipinski definition) is 1. The third-order valence-corrected chi connectivity index (χ3v) is 6.42. The minimum atomic E-state index is 0.0329. The Balaban J connectivity index is 1.26. The molecule has 7 heteroatoms. The Morgan fingerprint density at radius 2 is 1.93 bits per heavy atom. The number of nitrogens with one attached hydrogen (secondary N) is 1. The van der Waals surface area contributed by atoms with Crippen molar-refractivity contribution in [3.63, 3.8) is 0 Å². The lowest BCUT2D eigenvalue weighted by Gasteiger charge is -2.42. The first-order chi connectivity index (χ1) is 14.6. The molecule has 4 rings (SSSR count). The smallest absolute Gasteiger partial charge is 0.270 e. The molecule has 2 aliphatic rings. The molecule has 30 heavy (non-hydrogen) atoms. The zero-order valence-corrected chi connectivity index (χ0v) is 17.7. The Morgan fingerprint density at radius 1 is 1.10 bits per heavy atom. The number of piperidine rings is 2. The van der Waals surface area contributed by atoms with E-state index in [1.54, 1.807) is 6.20 Å². The molecule has 160 valence electrons. The lowest BCUT2D eigenvalue weighted by atomic mass is 9.93. The summed E-state index contributed by atoms with van der Waals surface area (Å²) in [5, 5.41) is 3.05. The van der Waals surface area contributed by atoms with Crippen LogP contribution in [0, 0.1) is 5.92 Å². The lowest BCUT2D eigenvalue weighted by Crippen LogP contribution is -2.51. The zero-order chi connectivity index (χ0) is 20.9. The second kappa shape index (κ2) is 9.43. The van der Waals surface area contributed by atoms with E-state index < -0.39 is 0 Å². The number of hydrogen-bond acceptors (Lipinski definition) is 4. The maximum atomic E-state index is 12.7. The van der Waals surface area contributed by atoms with Crippen LogP contribution in [0.1, 0.15) is 41.9 Å². The van der Waals surface area contributed by atoms with E-state index in [4.69, 9.17) is 0 Å². The number of carbonyl (C=O) groups excluding carboxylic acids is 2. The molecule has 2 amide bonds. The molecule has 0 aromatic carbocycles. The molecule has 1 atom stereocenters. The van der Waals surface area contributed by atoms with Crippen LogP contribution in [0.2, 0.25) is 0 Å². The molecule has 0 unspecified atom stereocenters. The summed E-state index contributed by atoms with van der Waals surface area (Å²) in [6.07, 6.45) is 7.59. The van der Waals surface area contributed by atoms with Gasteiger partial charge >= 0.3 is 0 Å². The van der Waals surface area contributed by atoms with E-state index in [0.29, 0.717) is 12.6 Å². The minimum absolute atomic E-state index is 0.0329. The number of aryl methyl sites for hydroxylation is 1. The van der Waals surface area contributed by atoms with Crippen LogP contribution in [0.15, 0.2) is 42.7 Å². The summed E-state index contributed by atoms with van der Waals surface area (Å²) >= 11 is 0. The number of amides is 2. The second-order valence-electron chi connectivity index (χ2n) is 8.40. The van der Waals surface area contributed by atoms with Crippen molar-refractivity contribution in [1.82, 2.24) is 24.7 Å². The fraction of sp³-hybridized carbons (Fsp3) is 0.522. The first-order valence-electron chi connectivity index (χ1n) is 10.9. The molecular weight excluding hydrogens is 378 g/mol. The first-order valence-corrected chi connectivity index (χ1v) is 10.9. The Kier molecular flexibility index (Phi) is 6.47. The van der Waals surface area contributed by atoms with E-state index in [9.17, 15) is 9.59 Å². The molecule has 4 heterocycles. The number of likely N-dealkylation sites (tertiary alicyclic amines) is 2. The number of pyridine rings is 1. The third-order valence-electron chi connectivity index (χ3n) is 6.42. The van der Waals surface area contributed by atoms with Crippen molar-refractivity contribution in [3.05, 3.63) is 54.1 Å². The van der Waals surface area contributed by atoms with Gasteiger partial charge in [0.25, 0.3) is 5.91 Å². The molecule has 0 spiro atoms. The van der Waals surface area contributed by atoms with Gasteiger partial charge in [-0.25, -0.2) is 0 Å². The van der Waals surface area contributed by atoms with E-state index in [-0.39, 0.29) is 17.7 Å². The number of rotatable bonds is 5. The van der Waals surface area contributed by atoms with Crippen LogP contribution in [-0.2, 0) is 18.4 Å². The monoisotopic (exact) mass is 409 g/mol. The molecule has 2 aromatic rings. The van der Waals surface area contributed by atoms with Crippen LogP contribution in [0.25, 0.3) is 0 Å². The highest BCUT2D eigenvalue weighted by Gasteiger charge is 2.33. The number of aromatic nitrogens is 2. The van der Waals surface area contributed by atoms with E-state index in [1.807, 2.05) is 53.0 Å². The van der Waals surface area contributed by atoms with Gasteiger partial charge in [0.2, 0.25) is 5.91 Å². The largest absolute Gasteiger partial charge is 0.350 e. The van der Waals surface area contributed by atoms with Gasteiger partial charge in [0, 0.05) is 45.1 Å². The van der Waals surface area contributed by atoms with Gasteiger partial charge in [0.1, 0.15) is 5.69 Å². The highest BCUT2D eigenvalue weighted by Crippen LogP contribution is 2.25.